The van der Waals surface area contributed by atoms with Crippen molar-refractivity contribution in [3.63, 3.8) is 0 Å². The molecule has 0 aromatic heterocycles. The SMILES string of the molecule is CC.CCN1CC2CN(c3ccc(C4CCC(=O)NC4=O)cc3)CC2C1. The summed E-state index contributed by atoms with van der Waals surface area (Å²) in [7, 11) is 0. The molecule has 3 fully saturated rings. The maximum Gasteiger partial charge on any atom is 0.234 e. The predicted molar refractivity (Wildman–Crippen MR) is 104 cm³/mol. The average Bonchev–Trinajstić information content (AvgIpc) is 3.22. The fourth-order valence-corrected chi connectivity index (χ4v) is 4.49. The van der Waals surface area contributed by atoms with E-state index in [9.17, 15) is 9.59 Å². The molecule has 0 aliphatic carbocycles. The number of carbonyl (C=O) groups is 2. The summed E-state index contributed by atoms with van der Waals surface area (Å²) in [6, 6.07) is 8.39. The highest BCUT2D eigenvalue weighted by molar-refractivity contribution is 6.00. The van der Waals surface area contributed by atoms with Crippen LogP contribution in [0.4, 0.5) is 5.69 Å². The lowest BCUT2D eigenvalue weighted by atomic mass is 9.90. The van der Waals surface area contributed by atoms with Gasteiger partial charge in [-0.15, -0.1) is 0 Å². The standard InChI is InChI=1S/C19H25N3O2.C2H6/c1-2-21-9-14-11-22(12-15(14)10-21)16-5-3-13(4-6-16)17-7-8-18(23)20-19(17)24;1-2/h3-6,14-15,17H,2,7-12H2,1H3,(H,20,23,24);1-2H3. The van der Waals surface area contributed by atoms with Crippen LogP contribution in [0.3, 0.4) is 0 Å². The summed E-state index contributed by atoms with van der Waals surface area (Å²) in [5.41, 5.74) is 2.27. The molecule has 3 aliphatic heterocycles. The van der Waals surface area contributed by atoms with Crippen molar-refractivity contribution in [1.82, 2.24) is 10.2 Å². The molecule has 3 atom stereocenters. The number of amides is 2. The molecule has 3 unspecified atom stereocenters. The Labute approximate surface area is 156 Å². The van der Waals surface area contributed by atoms with E-state index >= 15 is 0 Å². The molecule has 2 amide bonds. The molecule has 0 spiro atoms. The van der Waals surface area contributed by atoms with Crippen LogP contribution in [0, 0.1) is 11.8 Å². The number of fused-ring (bicyclic) bond motifs is 1. The van der Waals surface area contributed by atoms with E-state index in [1.165, 1.54) is 18.8 Å². The molecule has 0 radical (unpaired) electrons. The molecule has 1 aromatic rings. The van der Waals surface area contributed by atoms with Crippen molar-refractivity contribution in [2.45, 2.75) is 39.5 Å². The van der Waals surface area contributed by atoms with Gasteiger partial charge in [-0.1, -0.05) is 32.9 Å². The fraction of sp³-hybridized carbons (Fsp3) is 0.619. The van der Waals surface area contributed by atoms with Gasteiger partial charge in [0, 0.05) is 38.3 Å². The number of hydrogen-bond donors (Lipinski definition) is 1. The second-order valence-electron chi connectivity index (χ2n) is 7.37. The minimum Gasteiger partial charge on any atom is -0.371 e. The number of hydrogen-bond acceptors (Lipinski definition) is 4. The van der Waals surface area contributed by atoms with Gasteiger partial charge in [0.2, 0.25) is 11.8 Å². The number of piperidine rings is 1. The Kier molecular flexibility index (Phi) is 5.97. The lowest BCUT2D eigenvalue weighted by Crippen LogP contribution is -2.39. The molecule has 5 nitrogen and oxygen atoms in total. The first-order valence-corrected chi connectivity index (χ1v) is 10.0. The Hall–Kier alpha value is -1.88. The van der Waals surface area contributed by atoms with E-state index in [2.05, 4.69) is 46.3 Å². The molecule has 26 heavy (non-hydrogen) atoms. The highest BCUT2D eigenvalue weighted by Crippen LogP contribution is 2.34. The number of anilines is 1. The quantitative estimate of drug-likeness (QED) is 0.845. The van der Waals surface area contributed by atoms with Crippen molar-refractivity contribution in [2.75, 3.05) is 37.6 Å². The van der Waals surface area contributed by atoms with E-state index in [1.54, 1.807) is 0 Å². The predicted octanol–water partition coefficient (Wildman–Crippen LogP) is 2.62. The number of nitrogens with zero attached hydrogens (tertiary/aromatic N) is 2. The smallest absolute Gasteiger partial charge is 0.234 e. The topological polar surface area (TPSA) is 52.6 Å². The van der Waals surface area contributed by atoms with Gasteiger partial charge < -0.3 is 9.80 Å². The average molecular weight is 357 g/mol. The Bertz CT molecular complexity index is 629. The van der Waals surface area contributed by atoms with Crippen LogP contribution in [0.25, 0.3) is 0 Å². The van der Waals surface area contributed by atoms with Gasteiger partial charge in [0.15, 0.2) is 0 Å². The van der Waals surface area contributed by atoms with E-state index in [0.29, 0.717) is 12.8 Å². The van der Waals surface area contributed by atoms with E-state index in [0.717, 1.165) is 37.0 Å². The first-order chi connectivity index (χ1) is 12.6. The summed E-state index contributed by atoms with van der Waals surface area (Å²) in [6.07, 6.45) is 1.05. The van der Waals surface area contributed by atoms with Gasteiger partial charge in [-0.05, 0) is 42.5 Å². The summed E-state index contributed by atoms with van der Waals surface area (Å²) in [5, 5.41) is 2.44. The first-order valence-electron chi connectivity index (χ1n) is 10.0. The molecule has 3 heterocycles. The van der Waals surface area contributed by atoms with Crippen LogP contribution in [-0.2, 0) is 9.59 Å². The maximum absolute atomic E-state index is 12.0. The summed E-state index contributed by atoms with van der Waals surface area (Å²) < 4.78 is 0. The molecule has 4 rings (SSSR count). The Morgan fingerprint density at radius 2 is 1.62 bits per heavy atom. The van der Waals surface area contributed by atoms with Gasteiger partial charge >= 0.3 is 0 Å². The molecule has 142 valence electrons. The van der Waals surface area contributed by atoms with Crippen molar-refractivity contribution < 1.29 is 9.59 Å². The number of carbonyl (C=O) groups excluding carboxylic acids is 2. The zero-order chi connectivity index (χ0) is 18.7. The number of benzene rings is 1. The van der Waals surface area contributed by atoms with E-state index < -0.39 is 0 Å². The fourth-order valence-electron chi connectivity index (χ4n) is 4.49. The molecule has 5 heteroatoms. The molecular weight excluding hydrogens is 326 g/mol. The third kappa shape index (κ3) is 3.78. The van der Waals surface area contributed by atoms with Crippen molar-refractivity contribution >= 4 is 17.5 Å². The van der Waals surface area contributed by atoms with Crippen molar-refractivity contribution in [1.29, 1.82) is 0 Å². The molecule has 1 N–H and O–H groups in total. The van der Waals surface area contributed by atoms with Crippen LogP contribution in [0.1, 0.15) is 45.1 Å². The number of rotatable bonds is 3. The third-order valence-corrected chi connectivity index (χ3v) is 5.91. The van der Waals surface area contributed by atoms with Crippen LogP contribution in [0.5, 0.6) is 0 Å². The van der Waals surface area contributed by atoms with Crippen molar-refractivity contribution in [2.24, 2.45) is 11.8 Å². The highest BCUT2D eigenvalue weighted by Gasteiger charge is 2.39. The highest BCUT2D eigenvalue weighted by atomic mass is 16.2. The molecule has 1 aromatic carbocycles. The van der Waals surface area contributed by atoms with Gasteiger partial charge in [-0.2, -0.15) is 0 Å². The largest absolute Gasteiger partial charge is 0.371 e. The van der Waals surface area contributed by atoms with Gasteiger partial charge in [-0.25, -0.2) is 0 Å². The van der Waals surface area contributed by atoms with Gasteiger partial charge in [0.1, 0.15) is 0 Å². The number of nitrogens with one attached hydrogen (secondary N) is 1. The van der Waals surface area contributed by atoms with E-state index in [1.807, 2.05) is 13.8 Å². The monoisotopic (exact) mass is 357 g/mol. The maximum atomic E-state index is 12.0. The van der Waals surface area contributed by atoms with Crippen LogP contribution in [0.2, 0.25) is 0 Å². The lowest BCUT2D eigenvalue weighted by molar-refractivity contribution is -0.134. The summed E-state index contributed by atoms with van der Waals surface area (Å²) in [5.74, 6) is 1.08. The minimum atomic E-state index is -0.187. The van der Waals surface area contributed by atoms with Crippen LogP contribution >= 0.6 is 0 Å². The van der Waals surface area contributed by atoms with Crippen LogP contribution in [0.15, 0.2) is 24.3 Å². The summed E-state index contributed by atoms with van der Waals surface area (Å²) in [4.78, 5) is 28.3. The zero-order valence-corrected chi connectivity index (χ0v) is 16.2. The van der Waals surface area contributed by atoms with Gasteiger partial charge in [0.05, 0.1) is 5.92 Å². The second-order valence-corrected chi connectivity index (χ2v) is 7.37. The third-order valence-electron chi connectivity index (χ3n) is 5.91. The Morgan fingerprint density at radius 3 is 2.15 bits per heavy atom. The van der Waals surface area contributed by atoms with E-state index in [-0.39, 0.29) is 17.7 Å². The minimum absolute atomic E-state index is 0.155. The normalized spacial score (nSPS) is 28.4. The van der Waals surface area contributed by atoms with E-state index in [4.69, 9.17) is 0 Å². The van der Waals surface area contributed by atoms with Crippen LogP contribution < -0.4 is 10.2 Å². The Balaban J connectivity index is 0.000000948. The zero-order valence-electron chi connectivity index (χ0n) is 16.2. The van der Waals surface area contributed by atoms with Crippen molar-refractivity contribution in [3.05, 3.63) is 29.8 Å². The molecular formula is C21H31N3O2. The molecule has 3 saturated heterocycles. The second kappa shape index (κ2) is 8.21. The lowest BCUT2D eigenvalue weighted by Gasteiger charge is -2.24. The van der Waals surface area contributed by atoms with Gasteiger partial charge in [0.25, 0.3) is 0 Å². The number of likely N-dealkylation sites (tertiary alicyclic amines) is 1. The Morgan fingerprint density at radius 1 is 1.00 bits per heavy atom. The van der Waals surface area contributed by atoms with Gasteiger partial charge in [-0.3, -0.25) is 14.9 Å². The summed E-state index contributed by atoms with van der Waals surface area (Å²) in [6.45, 7) is 12.1. The first kappa shape index (κ1) is 18.9. The molecule has 0 bridgehead atoms. The van der Waals surface area contributed by atoms with Crippen LogP contribution in [-0.4, -0.2) is 49.4 Å². The van der Waals surface area contributed by atoms with Crippen molar-refractivity contribution in [3.8, 4) is 0 Å². The molecule has 0 saturated carbocycles. The number of imide groups is 1. The summed E-state index contributed by atoms with van der Waals surface area (Å²) >= 11 is 0. The molecule has 3 aliphatic rings.